The number of rotatable bonds is 1. The molecule has 120 valence electrons. The number of halogens is 4. The number of aromatic nitrogens is 4. The van der Waals surface area contributed by atoms with E-state index >= 15 is 0 Å². The van der Waals surface area contributed by atoms with Gasteiger partial charge in [-0.25, -0.2) is 9.97 Å². The fraction of sp³-hybridized carbons (Fsp3) is 0.214. The van der Waals surface area contributed by atoms with E-state index in [-0.39, 0.29) is 16.7 Å². The van der Waals surface area contributed by atoms with Crippen LogP contribution in [-0.4, -0.2) is 19.7 Å². The lowest BCUT2D eigenvalue weighted by atomic mass is 10.1. The highest BCUT2D eigenvalue weighted by molar-refractivity contribution is 6.32. The molecule has 3 heterocycles. The summed E-state index contributed by atoms with van der Waals surface area (Å²) in [5.41, 5.74) is 6.73. The number of nitrogen functional groups attached to an aromatic ring is 1. The summed E-state index contributed by atoms with van der Waals surface area (Å²) in [7, 11) is 0. The lowest BCUT2D eigenvalue weighted by molar-refractivity contribution is -0.137. The van der Waals surface area contributed by atoms with Crippen molar-refractivity contribution in [3.8, 4) is 5.82 Å². The van der Waals surface area contributed by atoms with Crippen molar-refractivity contribution in [3.05, 3.63) is 40.2 Å². The van der Waals surface area contributed by atoms with E-state index in [1.165, 1.54) is 4.68 Å². The fourth-order valence-electron chi connectivity index (χ4n) is 2.42. The van der Waals surface area contributed by atoms with Crippen LogP contribution in [0.2, 0.25) is 5.02 Å². The van der Waals surface area contributed by atoms with Crippen LogP contribution < -0.4 is 5.73 Å². The quantitative estimate of drug-likeness (QED) is 0.733. The van der Waals surface area contributed by atoms with Crippen molar-refractivity contribution in [1.82, 2.24) is 19.7 Å². The van der Waals surface area contributed by atoms with Crippen LogP contribution in [0.4, 0.5) is 19.0 Å². The van der Waals surface area contributed by atoms with Gasteiger partial charge in [0.15, 0.2) is 11.5 Å². The van der Waals surface area contributed by atoms with Crippen molar-refractivity contribution >= 4 is 28.5 Å². The summed E-state index contributed by atoms with van der Waals surface area (Å²) in [5, 5.41) is 4.87. The largest absolute Gasteiger partial charge is 0.417 e. The zero-order valence-electron chi connectivity index (χ0n) is 12.1. The number of anilines is 1. The molecule has 3 aromatic heterocycles. The molecule has 0 radical (unpaired) electrons. The molecule has 0 saturated heterocycles. The Balaban J connectivity index is 2.26. The van der Waals surface area contributed by atoms with Gasteiger partial charge in [0, 0.05) is 11.6 Å². The van der Waals surface area contributed by atoms with Crippen molar-refractivity contribution in [2.45, 2.75) is 20.0 Å². The van der Waals surface area contributed by atoms with Gasteiger partial charge in [0.2, 0.25) is 0 Å². The highest BCUT2D eigenvalue weighted by Crippen LogP contribution is 2.33. The van der Waals surface area contributed by atoms with Crippen molar-refractivity contribution in [2.24, 2.45) is 0 Å². The Morgan fingerprint density at radius 2 is 1.91 bits per heavy atom. The molecule has 0 aliphatic carbocycles. The molecular weight excluding hydrogens is 331 g/mol. The molecule has 0 amide bonds. The summed E-state index contributed by atoms with van der Waals surface area (Å²) >= 11 is 5.98. The van der Waals surface area contributed by atoms with Crippen LogP contribution >= 0.6 is 11.6 Å². The lowest BCUT2D eigenvalue weighted by Crippen LogP contribution is -2.08. The van der Waals surface area contributed by atoms with Crippen LogP contribution in [0.25, 0.3) is 16.9 Å². The summed E-state index contributed by atoms with van der Waals surface area (Å²) in [6.07, 6.45) is -3.81. The maximum Gasteiger partial charge on any atom is 0.417 e. The molecule has 0 spiro atoms. The zero-order chi connectivity index (χ0) is 16.9. The number of hydrogen-bond donors (Lipinski definition) is 1. The number of fused-ring (bicyclic) bond motifs is 1. The second-order valence-electron chi connectivity index (χ2n) is 5.09. The first-order valence-electron chi connectivity index (χ1n) is 6.54. The van der Waals surface area contributed by atoms with Gasteiger partial charge in [-0.3, -0.25) is 0 Å². The predicted molar refractivity (Wildman–Crippen MR) is 80.6 cm³/mol. The molecule has 3 rings (SSSR count). The standard InChI is InChI=1S/C14H11ClF3N5/c1-6-3-10(19)21-13-11(6)7(2)22-23(13)12-9(15)4-8(5-20-12)14(16,17)18/h3-5H,1-2H3,(H2,19,21). The van der Waals surface area contributed by atoms with Gasteiger partial charge in [0.1, 0.15) is 5.82 Å². The van der Waals surface area contributed by atoms with Gasteiger partial charge in [-0.2, -0.15) is 23.0 Å². The van der Waals surface area contributed by atoms with E-state index in [0.717, 1.165) is 17.0 Å². The summed E-state index contributed by atoms with van der Waals surface area (Å²) < 4.78 is 39.4. The van der Waals surface area contributed by atoms with Crippen molar-refractivity contribution in [2.75, 3.05) is 5.73 Å². The summed E-state index contributed by atoms with van der Waals surface area (Å²) in [6.45, 7) is 3.61. The minimum Gasteiger partial charge on any atom is -0.384 e. The van der Waals surface area contributed by atoms with E-state index in [1.54, 1.807) is 13.0 Å². The monoisotopic (exact) mass is 341 g/mol. The van der Waals surface area contributed by atoms with Crippen LogP contribution in [0, 0.1) is 13.8 Å². The van der Waals surface area contributed by atoms with E-state index in [0.29, 0.717) is 17.5 Å². The molecule has 9 heteroatoms. The highest BCUT2D eigenvalue weighted by Gasteiger charge is 2.32. The molecule has 0 saturated carbocycles. The van der Waals surface area contributed by atoms with Crippen LogP contribution in [-0.2, 0) is 6.18 Å². The number of alkyl halides is 3. The van der Waals surface area contributed by atoms with Gasteiger partial charge in [0.05, 0.1) is 16.3 Å². The van der Waals surface area contributed by atoms with Gasteiger partial charge < -0.3 is 5.73 Å². The van der Waals surface area contributed by atoms with Gasteiger partial charge in [-0.1, -0.05) is 11.6 Å². The molecule has 2 N–H and O–H groups in total. The van der Waals surface area contributed by atoms with E-state index in [1.807, 2.05) is 6.92 Å². The number of pyridine rings is 2. The molecule has 0 fully saturated rings. The number of nitrogens with zero attached hydrogens (tertiary/aromatic N) is 4. The molecule has 0 aromatic carbocycles. The van der Waals surface area contributed by atoms with E-state index in [9.17, 15) is 13.2 Å². The van der Waals surface area contributed by atoms with Gasteiger partial charge in [-0.05, 0) is 31.5 Å². The molecule has 23 heavy (non-hydrogen) atoms. The third-order valence-corrected chi connectivity index (χ3v) is 3.66. The molecule has 0 bridgehead atoms. The Kier molecular flexibility index (Phi) is 3.44. The Morgan fingerprint density at radius 3 is 2.52 bits per heavy atom. The number of hydrogen-bond acceptors (Lipinski definition) is 4. The average Bonchev–Trinajstić information content (AvgIpc) is 2.74. The fourth-order valence-corrected chi connectivity index (χ4v) is 2.66. The highest BCUT2D eigenvalue weighted by atomic mass is 35.5. The van der Waals surface area contributed by atoms with Gasteiger partial charge in [0.25, 0.3) is 0 Å². The smallest absolute Gasteiger partial charge is 0.384 e. The molecular formula is C14H11ClF3N5. The van der Waals surface area contributed by atoms with Gasteiger partial charge in [-0.15, -0.1) is 0 Å². The third-order valence-electron chi connectivity index (χ3n) is 3.38. The first kappa shape index (κ1) is 15.5. The Morgan fingerprint density at radius 1 is 1.22 bits per heavy atom. The maximum absolute atomic E-state index is 12.7. The second-order valence-corrected chi connectivity index (χ2v) is 5.49. The minimum atomic E-state index is -4.52. The van der Waals surface area contributed by atoms with Crippen molar-refractivity contribution in [1.29, 1.82) is 0 Å². The Labute approximate surface area is 133 Å². The average molecular weight is 342 g/mol. The van der Waals surface area contributed by atoms with E-state index in [2.05, 4.69) is 15.1 Å². The molecule has 0 aliphatic rings. The zero-order valence-corrected chi connectivity index (χ0v) is 12.9. The van der Waals surface area contributed by atoms with Crippen LogP contribution in [0.3, 0.4) is 0 Å². The normalized spacial score (nSPS) is 12.1. The number of nitrogens with two attached hydrogens (primary N) is 1. The third kappa shape index (κ3) is 2.59. The molecule has 0 aliphatic heterocycles. The topological polar surface area (TPSA) is 69.6 Å². The first-order chi connectivity index (χ1) is 10.7. The second kappa shape index (κ2) is 5.09. The van der Waals surface area contributed by atoms with Gasteiger partial charge >= 0.3 is 6.18 Å². The molecule has 0 atom stereocenters. The molecule has 0 unspecified atom stereocenters. The lowest BCUT2D eigenvalue weighted by Gasteiger charge is -2.09. The SMILES string of the molecule is Cc1cc(N)nc2c1c(C)nn2-c1ncc(C(F)(F)F)cc1Cl. The predicted octanol–water partition coefficient (Wildman–Crippen LogP) is 3.69. The maximum atomic E-state index is 12.7. The van der Waals surface area contributed by atoms with E-state index < -0.39 is 11.7 Å². The summed E-state index contributed by atoms with van der Waals surface area (Å²) in [5.74, 6) is 0.342. The van der Waals surface area contributed by atoms with Crippen LogP contribution in [0.1, 0.15) is 16.8 Å². The molecule has 5 nitrogen and oxygen atoms in total. The van der Waals surface area contributed by atoms with E-state index in [4.69, 9.17) is 17.3 Å². The Hall–Kier alpha value is -2.35. The van der Waals surface area contributed by atoms with Crippen LogP contribution in [0.15, 0.2) is 18.3 Å². The Bertz CT molecular complexity index is 917. The first-order valence-corrected chi connectivity index (χ1v) is 6.92. The van der Waals surface area contributed by atoms with Crippen molar-refractivity contribution in [3.63, 3.8) is 0 Å². The minimum absolute atomic E-state index is 0.0651. The summed E-state index contributed by atoms with van der Waals surface area (Å²) in [6, 6.07) is 2.51. The number of aryl methyl sites for hydroxylation is 2. The molecule has 3 aromatic rings. The van der Waals surface area contributed by atoms with Crippen LogP contribution in [0.5, 0.6) is 0 Å². The summed E-state index contributed by atoms with van der Waals surface area (Å²) in [4.78, 5) is 8.01. The van der Waals surface area contributed by atoms with Crippen molar-refractivity contribution < 1.29 is 13.2 Å².